The molecule has 0 aliphatic carbocycles. The monoisotopic (exact) mass is 277 g/mol. The number of aromatic nitrogens is 3. The Bertz CT molecular complexity index is 595. The minimum absolute atomic E-state index is 0.121. The molecule has 0 radical (unpaired) electrons. The Balaban J connectivity index is 2.12. The molecular weight excluding hydrogens is 258 g/mol. The molecule has 1 aromatic carbocycles. The minimum Gasteiger partial charge on any atom is -0.270 e. The van der Waals surface area contributed by atoms with E-state index in [4.69, 9.17) is 0 Å². The van der Waals surface area contributed by atoms with Crippen molar-refractivity contribution < 1.29 is 0 Å². The highest BCUT2D eigenvalue weighted by Gasteiger charge is 2.08. The molecule has 0 amide bonds. The average molecular weight is 277 g/mol. The Hall–Kier alpha value is -1.49. The van der Waals surface area contributed by atoms with Gasteiger partial charge in [0.1, 0.15) is 0 Å². The van der Waals surface area contributed by atoms with E-state index in [0.717, 1.165) is 17.3 Å². The van der Waals surface area contributed by atoms with Gasteiger partial charge in [-0.2, -0.15) is 0 Å². The van der Waals surface area contributed by atoms with Gasteiger partial charge in [0.15, 0.2) is 5.16 Å². The lowest BCUT2D eigenvalue weighted by molar-refractivity contribution is 0.604. The first kappa shape index (κ1) is 13.9. The van der Waals surface area contributed by atoms with Gasteiger partial charge >= 0.3 is 5.69 Å². The van der Waals surface area contributed by atoms with Gasteiger partial charge in [0.25, 0.3) is 0 Å². The van der Waals surface area contributed by atoms with Crippen LogP contribution < -0.4 is 5.69 Å². The molecule has 0 saturated heterocycles. The standard InChI is InChI=1S/C14H19N3OS/c1-4-5-17-13(18)15-16-14(17)19-9-12-7-10(2)6-11(3)8-12/h6-8H,4-5,9H2,1-3H3,(H,15,18). The maximum absolute atomic E-state index is 11.6. The Morgan fingerprint density at radius 3 is 2.58 bits per heavy atom. The van der Waals surface area contributed by atoms with Crippen LogP contribution in [0.2, 0.25) is 0 Å². The molecule has 0 fully saturated rings. The first-order valence-corrected chi connectivity index (χ1v) is 7.44. The highest BCUT2D eigenvalue weighted by atomic mass is 32.2. The van der Waals surface area contributed by atoms with Crippen molar-refractivity contribution in [3.63, 3.8) is 0 Å². The third-order valence-electron chi connectivity index (χ3n) is 2.82. The molecule has 0 atom stereocenters. The summed E-state index contributed by atoms with van der Waals surface area (Å²) in [6.45, 7) is 6.97. The quantitative estimate of drug-likeness (QED) is 0.855. The molecule has 0 unspecified atom stereocenters. The largest absolute Gasteiger partial charge is 0.343 e. The summed E-state index contributed by atoms with van der Waals surface area (Å²) in [5, 5.41) is 7.37. The van der Waals surface area contributed by atoms with Crippen molar-refractivity contribution in [2.45, 2.75) is 44.6 Å². The van der Waals surface area contributed by atoms with Crippen molar-refractivity contribution in [2.75, 3.05) is 0 Å². The average Bonchev–Trinajstić information content (AvgIpc) is 2.68. The van der Waals surface area contributed by atoms with Crippen molar-refractivity contribution in [1.82, 2.24) is 14.8 Å². The number of aryl methyl sites for hydroxylation is 2. The summed E-state index contributed by atoms with van der Waals surface area (Å²) in [6.07, 6.45) is 0.927. The summed E-state index contributed by atoms with van der Waals surface area (Å²) in [6, 6.07) is 6.51. The fourth-order valence-corrected chi connectivity index (χ4v) is 3.04. The topological polar surface area (TPSA) is 50.7 Å². The number of hydrogen-bond donors (Lipinski definition) is 1. The summed E-state index contributed by atoms with van der Waals surface area (Å²) in [7, 11) is 0. The zero-order chi connectivity index (χ0) is 13.8. The highest BCUT2D eigenvalue weighted by Crippen LogP contribution is 2.21. The van der Waals surface area contributed by atoms with Gasteiger partial charge in [-0.3, -0.25) is 4.57 Å². The van der Waals surface area contributed by atoms with Gasteiger partial charge in [-0.15, -0.1) is 5.10 Å². The molecule has 0 aliphatic rings. The number of rotatable bonds is 5. The molecule has 102 valence electrons. The van der Waals surface area contributed by atoms with Gasteiger partial charge in [-0.05, 0) is 25.8 Å². The first-order valence-electron chi connectivity index (χ1n) is 6.45. The smallest absolute Gasteiger partial charge is 0.270 e. The predicted octanol–water partition coefficient (Wildman–Crippen LogP) is 2.89. The van der Waals surface area contributed by atoms with Crippen molar-refractivity contribution in [1.29, 1.82) is 0 Å². The Kier molecular flexibility index (Phi) is 4.47. The third-order valence-corrected chi connectivity index (χ3v) is 3.87. The van der Waals surface area contributed by atoms with Crippen LogP contribution in [0.1, 0.15) is 30.0 Å². The molecule has 1 aromatic heterocycles. The van der Waals surface area contributed by atoms with Crippen molar-refractivity contribution >= 4 is 11.8 Å². The maximum Gasteiger partial charge on any atom is 0.343 e. The van der Waals surface area contributed by atoms with Gasteiger partial charge < -0.3 is 0 Å². The number of H-pyrrole nitrogens is 1. The van der Waals surface area contributed by atoms with E-state index >= 15 is 0 Å². The molecule has 19 heavy (non-hydrogen) atoms. The molecule has 4 nitrogen and oxygen atoms in total. The molecule has 0 spiro atoms. The van der Waals surface area contributed by atoms with Crippen LogP contribution in [-0.4, -0.2) is 14.8 Å². The molecule has 2 rings (SSSR count). The van der Waals surface area contributed by atoms with Gasteiger partial charge in [0.2, 0.25) is 0 Å². The van der Waals surface area contributed by atoms with Gasteiger partial charge in [-0.25, -0.2) is 9.89 Å². The Morgan fingerprint density at radius 2 is 1.95 bits per heavy atom. The second-order valence-electron chi connectivity index (χ2n) is 4.75. The predicted molar refractivity (Wildman–Crippen MR) is 78.6 cm³/mol. The molecule has 1 heterocycles. The fraction of sp³-hybridized carbons (Fsp3) is 0.429. The van der Waals surface area contributed by atoms with E-state index < -0.39 is 0 Å². The summed E-state index contributed by atoms with van der Waals surface area (Å²) in [5.74, 6) is 0.830. The van der Waals surface area contributed by atoms with Crippen LogP contribution in [0.3, 0.4) is 0 Å². The van der Waals surface area contributed by atoms with Gasteiger partial charge in [0, 0.05) is 12.3 Å². The van der Waals surface area contributed by atoms with Crippen LogP contribution in [0.25, 0.3) is 0 Å². The van der Waals surface area contributed by atoms with Gasteiger partial charge in [-0.1, -0.05) is 48.0 Å². The minimum atomic E-state index is -0.121. The lowest BCUT2D eigenvalue weighted by atomic mass is 10.1. The second-order valence-corrected chi connectivity index (χ2v) is 5.69. The van der Waals surface area contributed by atoms with E-state index in [1.165, 1.54) is 16.7 Å². The number of benzene rings is 1. The fourth-order valence-electron chi connectivity index (χ4n) is 2.13. The zero-order valence-electron chi connectivity index (χ0n) is 11.6. The van der Waals surface area contributed by atoms with E-state index in [-0.39, 0.29) is 5.69 Å². The van der Waals surface area contributed by atoms with E-state index in [2.05, 4.69) is 49.2 Å². The number of nitrogens with one attached hydrogen (secondary N) is 1. The zero-order valence-corrected chi connectivity index (χ0v) is 12.4. The number of aromatic amines is 1. The molecule has 2 aromatic rings. The SMILES string of the molecule is CCCn1c(SCc2cc(C)cc(C)c2)n[nH]c1=O. The number of nitrogens with zero attached hydrogens (tertiary/aromatic N) is 2. The van der Waals surface area contributed by atoms with E-state index in [9.17, 15) is 4.79 Å². The van der Waals surface area contributed by atoms with Crippen molar-refractivity contribution in [2.24, 2.45) is 0 Å². The van der Waals surface area contributed by atoms with Crippen LogP contribution in [0.5, 0.6) is 0 Å². The summed E-state index contributed by atoms with van der Waals surface area (Å²) in [5.41, 5.74) is 3.68. The van der Waals surface area contributed by atoms with Crippen LogP contribution in [0.15, 0.2) is 28.2 Å². The van der Waals surface area contributed by atoms with Crippen LogP contribution in [-0.2, 0) is 12.3 Å². The highest BCUT2D eigenvalue weighted by molar-refractivity contribution is 7.98. The lowest BCUT2D eigenvalue weighted by Gasteiger charge is -2.05. The molecule has 5 heteroatoms. The van der Waals surface area contributed by atoms with Crippen LogP contribution in [0.4, 0.5) is 0 Å². The second kappa shape index (κ2) is 6.10. The van der Waals surface area contributed by atoms with Gasteiger partial charge in [0.05, 0.1) is 0 Å². The van der Waals surface area contributed by atoms with Crippen LogP contribution in [0, 0.1) is 13.8 Å². The first-order chi connectivity index (χ1) is 9.10. The van der Waals surface area contributed by atoms with Crippen molar-refractivity contribution in [3.8, 4) is 0 Å². The summed E-state index contributed by atoms with van der Waals surface area (Å²) >= 11 is 1.60. The maximum atomic E-state index is 11.6. The van der Waals surface area contributed by atoms with E-state index in [1.54, 1.807) is 16.3 Å². The number of thioether (sulfide) groups is 1. The Labute approximate surface area is 117 Å². The summed E-state index contributed by atoms with van der Waals surface area (Å²) in [4.78, 5) is 11.6. The normalized spacial score (nSPS) is 10.9. The summed E-state index contributed by atoms with van der Waals surface area (Å²) < 4.78 is 1.70. The molecule has 1 N–H and O–H groups in total. The van der Waals surface area contributed by atoms with E-state index in [1.807, 2.05) is 0 Å². The number of hydrogen-bond acceptors (Lipinski definition) is 3. The Morgan fingerprint density at radius 1 is 1.26 bits per heavy atom. The molecule has 0 bridgehead atoms. The van der Waals surface area contributed by atoms with E-state index in [0.29, 0.717) is 6.54 Å². The molecule has 0 aliphatic heterocycles. The molecular formula is C14H19N3OS. The van der Waals surface area contributed by atoms with Crippen LogP contribution >= 0.6 is 11.8 Å². The molecule has 0 saturated carbocycles. The third kappa shape index (κ3) is 3.50. The van der Waals surface area contributed by atoms with Crippen molar-refractivity contribution in [3.05, 3.63) is 45.4 Å². The lowest BCUT2D eigenvalue weighted by Crippen LogP contribution is -2.17.